The highest BCUT2D eigenvalue weighted by Gasteiger charge is 2.22. The van der Waals surface area contributed by atoms with Gasteiger partial charge in [0.15, 0.2) is 0 Å². The molecule has 4 amide bonds. The van der Waals surface area contributed by atoms with Crippen LogP contribution in [-0.4, -0.2) is 60.4 Å². The van der Waals surface area contributed by atoms with E-state index in [-0.39, 0.29) is 6.54 Å². The molecule has 1 unspecified atom stereocenters. The van der Waals surface area contributed by atoms with E-state index in [0.717, 1.165) is 0 Å². The van der Waals surface area contributed by atoms with E-state index in [9.17, 15) is 24.0 Å². The smallest absolute Gasteiger partial charge is 0.322 e. The van der Waals surface area contributed by atoms with E-state index < -0.39 is 55.2 Å². The van der Waals surface area contributed by atoms with Gasteiger partial charge in [-0.25, -0.2) is 0 Å². The highest BCUT2D eigenvalue weighted by molar-refractivity contribution is 5.94. The maximum Gasteiger partial charge on any atom is 0.322 e. The monoisotopic (exact) mass is 303 g/mol. The quantitative estimate of drug-likeness (QED) is 0.247. The molecule has 11 nitrogen and oxygen atoms in total. The maximum atomic E-state index is 11.7. The third-order valence-electron chi connectivity index (χ3n) is 2.10. The van der Waals surface area contributed by atoms with Crippen molar-refractivity contribution in [1.82, 2.24) is 16.0 Å². The summed E-state index contributed by atoms with van der Waals surface area (Å²) in [7, 11) is 0. The van der Waals surface area contributed by atoms with Crippen LogP contribution in [-0.2, 0) is 24.0 Å². The fraction of sp³-hybridized carbons (Fsp3) is 0.500. The minimum Gasteiger partial charge on any atom is -0.480 e. The van der Waals surface area contributed by atoms with E-state index in [1.807, 2.05) is 5.32 Å². The number of primary amides is 1. The summed E-state index contributed by atoms with van der Waals surface area (Å²) >= 11 is 0. The minimum atomic E-state index is -1.26. The SMILES string of the molecule is NCC(=O)NC(CC(N)=O)C(=O)NCC(=O)NCC(=O)O. The molecule has 0 fully saturated rings. The molecule has 0 heterocycles. The van der Waals surface area contributed by atoms with Crippen LogP contribution < -0.4 is 27.4 Å². The van der Waals surface area contributed by atoms with E-state index in [4.69, 9.17) is 16.6 Å². The van der Waals surface area contributed by atoms with Crippen molar-refractivity contribution in [2.24, 2.45) is 11.5 Å². The van der Waals surface area contributed by atoms with Crippen LogP contribution in [0.5, 0.6) is 0 Å². The average Bonchev–Trinajstić information content (AvgIpc) is 2.40. The van der Waals surface area contributed by atoms with Crippen LogP contribution in [0, 0.1) is 0 Å². The van der Waals surface area contributed by atoms with Gasteiger partial charge in [0.25, 0.3) is 0 Å². The summed E-state index contributed by atoms with van der Waals surface area (Å²) in [6.45, 7) is -1.50. The van der Waals surface area contributed by atoms with E-state index in [0.29, 0.717) is 0 Å². The zero-order valence-electron chi connectivity index (χ0n) is 11.0. The number of amides is 4. The molecule has 0 saturated heterocycles. The summed E-state index contributed by atoms with van der Waals surface area (Å²) in [5.74, 6) is -4.30. The number of hydrogen-bond donors (Lipinski definition) is 6. The summed E-state index contributed by atoms with van der Waals surface area (Å²) in [4.78, 5) is 55.0. The van der Waals surface area contributed by atoms with Crippen molar-refractivity contribution in [2.75, 3.05) is 19.6 Å². The molecule has 0 rings (SSSR count). The van der Waals surface area contributed by atoms with Crippen molar-refractivity contribution in [3.05, 3.63) is 0 Å². The molecular weight excluding hydrogens is 286 g/mol. The van der Waals surface area contributed by atoms with Crippen LogP contribution in [0.2, 0.25) is 0 Å². The molecule has 0 aliphatic heterocycles. The van der Waals surface area contributed by atoms with E-state index in [1.165, 1.54) is 0 Å². The lowest BCUT2D eigenvalue weighted by atomic mass is 10.2. The van der Waals surface area contributed by atoms with Gasteiger partial charge in [0, 0.05) is 0 Å². The van der Waals surface area contributed by atoms with Gasteiger partial charge < -0.3 is 32.5 Å². The lowest BCUT2D eigenvalue weighted by molar-refractivity contribution is -0.138. The molecule has 21 heavy (non-hydrogen) atoms. The second kappa shape index (κ2) is 9.25. The Hall–Kier alpha value is -2.69. The number of carboxylic acid groups (broad SMARTS) is 1. The molecule has 11 heteroatoms. The van der Waals surface area contributed by atoms with Gasteiger partial charge in [0.2, 0.25) is 23.6 Å². The molecular formula is C10H17N5O6. The highest BCUT2D eigenvalue weighted by Crippen LogP contribution is 1.92. The molecule has 1 atom stereocenters. The molecule has 0 aromatic carbocycles. The number of carbonyl (C=O) groups excluding carboxylic acids is 4. The van der Waals surface area contributed by atoms with Crippen LogP contribution >= 0.6 is 0 Å². The Morgan fingerprint density at radius 2 is 1.62 bits per heavy atom. The molecule has 0 bridgehead atoms. The van der Waals surface area contributed by atoms with Gasteiger partial charge in [0.05, 0.1) is 19.5 Å². The van der Waals surface area contributed by atoms with Crippen LogP contribution in [0.25, 0.3) is 0 Å². The summed E-state index contributed by atoms with van der Waals surface area (Å²) in [6.07, 6.45) is -0.464. The summed E-state index contributed by atoms with van der Waals surface area (Å²) < 4.78 is 0. The normalized spacial score (nSPS) is 11.1. The second-order valence-electron chi connectivity index (χ2n) is 3.88. The van der Waals surface area contributed by atoms with E-state index in [2.05, 4.69) is 10.6 Å². The second-order valence-corrected chi connectivity index (χ2v) is 3.88. The van der Waals surface area contributed by atoms with Gasteiger partial charge in [-0.3, -0.25) is 24.0 Å². The first-order chi connectivity index (χ1) is 9.76. The Morgan fingerprint density at radius 1 is 1.00 bits per heavy atom. The zero-order chi connectivity index (χ0) is 16.4. The Bertz CT molecular complexity index is 438. The summed E-state index contributed by atoms with van der Waals surface area (Å²) in [6, 6.07) is -1.26. The van der Waals surface area contributed by atoms with Crippen molar-refractivity contribution < 1.29 is 29.1 Å². The third kappa shape index (κ3) is 8.93. The van der Waals surface area contributed by atoms with Crippen LogP contribution in [0.4, 0.5) is 0 Å². The Labute approximate surface area is 119 Å². The molecule has 0 radical (unpaired) electrons. The van der Waals surface area contributed by atoms with Gasteiger partial charge >= 0.3 is 5.97 Å². The standard InChI is InChI=1S/C10H17N5O6/c11-2-7(17)15-5(1-6(12)16)10(21)14-3-8(18)13-4-9(19)20/h5H,1-4,11H2,(H2,12,16)(H,13,18)(H,14,21)(H,15,17)(H,19,20). The van der Waals surface area contributed by atoms with Crippen molar-refractivity contribution in [2.45, 2.75) is 12.5 Å². The molecule has 0 spiro atoms. The molecule has 0 aromatic heterocycles. The van der Waals surface area contributed by atoms with E-state index in [1.54, 1.807) is 0 Å². The third-order valence-corrected chi connectivity index (χ3v) is 2.10. The Kier molecular flexibility index (Phi) is 8.07. The molecule has 8 N–H and O–H groups in total. The van der Waals surface area contributed by atoms with Crippen molar-refractivity contribution in [3.63, 3.8) is 0 Å². The van der Waals surface area contributed by atoms with Crippen molar-refractivity contribution >= 4 is 29.6 Å². The maximum absolute atomic E-state index is 11.7. The van der Waals surface area contributed by atoms with Crippen molar-refractivity contribution in [3.8, 4) is 0 Å². The fourth-order valence-electron chi connectivity index (χ4n) is 1.19. The first-order valence-electron chi connectivity index (χ1n) is 5.80. The Balaban J connectivity index is 4.39. The predicted octanol–water partition coefficient (Wildman–Crippen LogP) is -4.38. The molecule has 0 aliphatic carbocycles. The summed E-state index contributed by atoms with van der Waals surface area (Å²) in [5.41, 5.74) is 10.0. The van der Waals surface area contributed by atoms with Gasteiger partial charge in [-0.15, -0.1) is 0 Å². The molecule has 118 valence electrons. The Morgan fingerprint density at radius 3 is 2.10 bits per heavy atom. The summed E-state index contributed by atoms with van der Waals surface area (Å²) in [5, 5.41) is 14.7. The van der Waals surface area contributed by atoms with Crippen molar-refractivity contribution in [1.29, 1.82) is 0 Å². The first-order valence-corrected chi connectivity index (χ1v) is 5.80. The van der Waals surface area contributed by atoms with Gasteiger partial charge in [0.1, 0.15) is 12.6 Å². The number of hydrogen-bond acceptors (Lipinski definition) is 6. The van der Waals surface area contributed by atoms with E-state index >= 15 is 0 Å². The van der Waals surface area contributed by atoms with Gasteiger partial charge in [-0.2, -0.15) is 0 Å². The molecule has 0 aliphatic rings. The topological polar surface area (TPSA) is 194 Å². The van der Waals surface area contributed by atoms with Gasteiger partial charge in [-0.1, -0.05) is 0 Å². The van der Waals surface area contributed by atoms with Gasteiger partial charge in [-0.05, 0) is 0 Å². The lowest BCUT2D eigenvalue weighted by Crippen LogP contribution is -2.51. The van der Waals surface area contributed by atoms with Crippen LogP contribution in [0.3, 0.4) is 0 Å². The number of nitrogens with one attached hydrogen (secondary N) is 3. The van der Waals surface area contributed by atoms with Crippen LogP contribution in [0.1, 0.15) is 6.42 Å². The number of carboxylic acids is 1. The number of nitrogens with two attached hydrogens (primary N) is 2. The number of carbonyl (C=O) groups is 5. The molecule has 0 aromatic rings. The average molecular weight is 303 g/mol. The number of rotatable bonds is 9. The highest BCUT2D eigenvalue weighted by atomic mass is 16.4. The number of aliphatic carboxylic acids is 1. The minimum absolute atomic E-state index is 0.387. The lowest BCUT2D eigenvalue weighted by Gasteiger charge is -2.16. The fourth-order valence-corrected chi connectivity index (χ4v) is 1.19. The zero-order valence-corrected chi connectivity index (χ0v) is 11.0. The largest absolute Gasteiger partial charge is 0.480 e. The first kappa shape index (κ1) is 18.3. The van der Waals surface area contributed by atoms with Crippen LogP contribution in [0.15, 0.2) is 0 Å². The predicted molar refractivity (Wildman–Crippen MR) is 68.5 cm³/mol. The molecule has 0 saturated carbocycles.